The van der Waals surface area contributed by atoms with Crippen molar-refractivity contribution >= 4 is 76.1 Å². The second kappa shape index (κ2) is 10.8. The number of alkyl halides is 5. The van der Waals surface area contributed by atoms with Crippen LogP contribution in [-0.4, -0.2) is 80.5 Å². The molecular formula is C10H20Cl5FO5Te. The zero-order valence-corrected chi connectivity index (χ0v) is 17.9. The van der Waals surface area contributed by atoms with Crippen LogP contribution >= 0.6 is 58.0 Å². The van der Waals surface area contributed by atoms with Gasteiger partial charge in [-0.25, -0.2) is 0 Å². The second-order valence-corrected chi connectivity index (χ2v) is 14.5. The third-order valence-electron chi connectivity index (χ3n) is 1.99. The van der Waals surface area contributed by atoms with Crippen LogP contribution in [0.2, 0.25) is 0 Å². The van der Waals surface area contributed by atoms with Gasteiger partial charge in [0, 0.05) is 0 Å². The van der Waals surface area contributed by atoms with Gasteiger partial charge in [-0.3, -0.25) is 0 Å². The molecule has 0 saturated heterocycles. The summed E-state index contributed by atoms with van der Waals surface area (Å²) in [6, 6.07) is 0. The second-order valence-electron chi connectivity index (χ2n) is 3.55. The summed E-state index contributed by atoms with van der Waals surface area (Å²) in [5, 5.41) is 0. The first-order valence-electron chi connectivity index (χ1n) is 6.27. The van der Waals surface area contributed by atoms with Gasteiger partial charge >= 0.3 is 157 Å². The Kier molecular flexibility index (Phi) is 11.8. The van der Waals surface area contributed by atoms with Crippen LogP contribution < -0.4 is 0 Å². The van der Waals surface area contributed by atoms with Crippen molar-refractivity contribution in [2.75, 3.05) is 62.4 Å². The van der Waals surface area contributed by atoms with Crippen molar-refractivity contribution in [2.24, 2.45) is 0 Å². The van der Waals surface area contributed by atoms with Gasteiger partial charge in [-0.05, 0) is 0 Å². The molecule has 0 N–H and O–H groups in total. The molecule has 5 nitrogen and oxygen atoms in total. The molecule has 0 aromatic carbocycles. The van der Waals surface area contributed by atoms with Crippen LogP contribution in [0.1, 0.15) is 0 Å². The molecule has 0 atom stereocenters. The molecule has 0 fully saturated rings. The molecule has 0 unspecified atom stereocenters. The van der Waals surface area contributed by atoms with Gasteiger partial charge in [-0.2, -0.15) is 0 Å². The normalized spacial score (nSPS) is 15.5. The summed E-state index contributed by atoms with van der Waals surface area (Å²) >= 11 is 20.6. The Morgan fingerprint density at radius 2 is 0.682 bits per heavy atom. The summed E-state index contributed by atoms with van der Waals surface area (Å²) in [6.07, 6.45) is 0. The molecule has 12 heteroatoms. The van der Waals surface area contributed by atoms with Gasteiger partial charge in [0.2, 0.25) is 0 Å². The average Bonchev–Trinajstić information content (AvgIpc) is 2.55. The zero-order valence-electron chi connectivity index (χ0n) is 11.8. The van der Waals surface area contributed by atoms with E-state index in [1.807, 2.05) is 0 Å². The fourth-order valence-electron chi connectivity index (χ4n) is 1.34. The molecule has 0 amide bonds. The minimum absolute atomic E-state index is 0.0449. The summed E-state index contributed by atoms with van der Waals surface area (Å²) in [7, 11) is 0. The van der Waals surface area contributed by atoms with Gasteiger partial charge in [0.15, 0.2) is 0 Å². The topological polar surface area (TPSA) is 46.2 Å². The van der Waals surface area contributed by atoms with Crippen LogP contribution in [0.5, 0.6) is 0 Å². The average molecular weight is 544 g/mol. The fraction of sp³-hybridized carbons (Fsp3) is 1.00. The van der Waals surface area contributed by atoms with E-state index in [4.69, 9.17) is 73.5 Å². The van der Waals surface area contributed by atoms with Gasteiger partial charge in [-0.15, -0.1) is 0 Å². The molecule has 0 saturated carbocycles. The van der Waals surface area contributed by atoms with E-state index < -0.39 is 18.1 Å². The molecule has 0 bridgehead atoms. The van der Waals surface area contributed by atoms with E-state index in [0.717, 1.165) is 0 Å². The summed E-state index contributed by atoms with van der Waals surface area (Å²) in [6.45, 7) is -1.40. The Hall–Kier alpha value is 1.97. The van der Waals surface area contributed by atoms with Crippen LogP contribution in [0.25, 0.3) is 0 Å². The Morgan fingerprint density at radius 3 is 0.818 bits per heavy atom. The van der Waals surface area contributed by atoms with E-state index in [2.05, 4.69) is 0 Å². The molecular weight excluding hydrogens is 524 g/mol. The van der Waals surface area contributed by atoms with E-state index >= 15 is 2.89 Å². The summed E-state index contributed by atoms with van der Waals surface area (Å²) in [5.41, 5.74) is 0. The van der Waals surface area contributed by atoms with E-state index in [-0.39, 0.29) is 62.4 Å². The Labute approximate surface area is 156 Å². The van der Waals surface area contributed by atoms with E-state index in [1.54, 1.807) is 0 Å². The van der Waals surface area contributed by atoms with Crippen LogP contribution in [0.15, 0.2) is 0 Å². The van der Waals surface area contributed by atoms with Crippen molar-refractivity contribution in [2.45, 2.75) is 0 Å². The van der Waals surface area contributed by atoms with Crippen LogP contribution in [-0.2, 0) is 15.5 Å². The monoisotopic (exact) mass is 544 g/mol. The third-order valence-corrected chi connectivity index (χ3v) is 11.9. The first-order valence-corrected chi connectivity index (χ1v) is 14.6. The van der Waals surface area contributed by atoms with Crippen molar-refractivity contribution < 1.29 is 18.4 Å². The van der Waals surface area contributed by atoms with Gasteiger partial charge in [0.1, 0.15) is 0 Å². The minimum atomic E-state index is -7.33. The molecule has 0 radical (unpaired) electrons. The maximum atomic E-state index is 16.3. The summed E-state index contributed by atoms with van der Waals surface area (Å²) < 4.78 is 42.4. The SMILES string of the molecule is F[Te](OCCCl)(OCCCl)(OCCCl)(OCCCl)OCCCl. The van der Waals surface area contributed by atoms with Gasteiger partial charge in [0.25, 0.3) is 0 Å². The van der Waals surface area contributed by atoms with Crippen molar-refractivity contribution in [1.82, 2.24) is 0 Å². The van der Waals surface area contributed by atoms with Crippen LogP contribution in [0.4, 0.5) is 2.89 Å². The van der Waals surface area contributed by atoms with Gasteiger partial charge in [0.05, 0.1) is 0 Å². The van der Waals surface area contributed by atoms with Crippen molar-refractivity contribution in [3.05, 3.63) is 0 Å². The first kappa shape index (κ1) is 24.0. The molecule has 0 aliphatic heterocycles. The molecule has 138 valence electrons. The van der Waals surface area contributed by atoms with Crippen LogP contribution in [0.3, 0.4) is 0 Å². The Balaban J connectivity index is 5.76. The molecule has 0 aromatic heterocycles. The maximum absolute atomic E-state index is 16.3. The molecule has 0 aliphatic rings. The zero-order chi connectivity index (χ0) is 17.0. The molecule has 22 heavy (non-hydrogen) atoms. The van der Waals surface area contributed by atoms with Crippen molar-refractivity contribution in [3.8, 4) is 0 Å². The predicted molar refractivity (Wildman–Crippen MR) is 90.2 cm³/mol. The van der Waals surface area contributed by atoms with E-state index in [1.165, 1.54) is 0 Å². The standard InChI is InChI=1S/C10H20Cl5FO5Te/c11-1-6-17-22(16,18-7-2-12,19-8-3-13,20-9-4-14)21-10-5-15/h1-10H2. The van der Waals surface area contributed by atoms with E-state index in [9.17, 15) is 0 Å². The summed E-state index contributed by atoms with van der Waals surface area (Å²) in [4.78, 5) is 0. The quantitative estimate of drug-likeness (QED) is 0.233. The summed E-state index contributed by atoms with van der Waals surface area (Å²) in [5.74, 6) is -0.224. The Bertz CT molecular complexity index is 256. The van der Waals surface area contributed by atoms with Gasteiger partial charge < -0.3 is 0 Å². The first-order chi connectivity index (χ1) is 10.4. The molecule has 0 rings (SSSR count). The molecule has 0 heterocycles. The number of hydrogen-bond acceptors (Lipinski definition) is 5. The van der Waals surface area contributed by atoms with E-state index in [0.29, 0.717) is 0 Å². The third kappa shape index (κ3) is 7.07. The number of hydrogen-bond donors (Lipinski definition) is 0. The Morgan fingerprint density at radius 1 is 0.500 bits per heavy atom. The van der Waals surface area contributed by atoms with Crippen LogP contribution in [0, 0.1) is 0 Å². The van der Waals surface area contributed by atoms with Gasteiger partial charge in [-0.1, -0.05) is 0 Å². The fourth-order valence-corrected chi connectivity index (χ4v) is 11.1. The van der Waals surface area contributed by atoms with Crippen molar-refractivity contribution in [1.29, 1.82) is 0 Å². The predicted octanol–water partition coefficient (Wildman–Crippen LogP) is 3.57. The number of rotatable bonds is 15. The van der Waals surface area contributed by atoms with Crippen molar-refractivity contribution in [3.63, 3.8) is 0 Å². The number of halogens is 6. The molecule has 0 aliphatic carbocycles. The molecule has 0 spiro atoms. The molecule has 0 aromatic rings.